The molecule has 0 unspecified atom stereocenters. The molecule has 0 saturated carbocycles. The van der Waals surface area contributed by atoms with E-state index in [2.05, 4.69) is 28.3 Å². The van der Waals surface area contributed by atoms with Gasteiger partial charge >= 0.3 is 0 Å². The minimum atomic E-state index is 0. The Morgan fingerprint density at radius 1 is 0.714 bits per heavy atom. The van der Waals surface area contributed by atoms with Crippen molar-refractivity contribution in [2.75, 3.05) is 0 Å². The number of hydrogen-bond donors (Lipinski definition) is 0. The molecule has 3 nitrogen and oxygen atoms in total. The van der Waals surface area contributed by atoms with Crippen LogP contribution in [-0.4, -0.2) is 14.8 Å². The van der Waals surface area contributed by atoms with Crippen molar-refractivity contribution in [3.63, 3.8) is 0 Å². The first-order chi connectivity index (χ1) is 13.4. The zero-order valence-electron chi connectivity index (χ0n) is 15.0. The molecule has 0 spiro atoms. The molecule has 0 amide bonds. The maximum atomic E-state index is 4.47. The standard InChI is InChI=1S/C13H9N2.C11H8N.Ir/c1-2-7-12(8-3-1)15-10-11-6-4-5-9-13(11)14-15;1-2-6-10(7-3-1)11-8-4-5-9-12-11;/h1-7,9-10H;1-6,8-9H;/q2*-1;. The van der Waals surface area contributed by atoms with Crippen molar-refractivity contribution in [2.24, 2.45) is 0 Å². The molecule has 1 radical (unpaired) electrons. The average molecular weight is 540 g/mol. The molecule has 3 aromatic carbocycles. The van der Waals surface area contributed by atoms with Crippen LogP contribution in [0.2, 0.25) is 0 Å². The van der Waals surface area contributed by atoms with Crippen LogP contribution in [0.3, 0.4) is 0 Å². The van der Waals surface area contributed by atoms with Gasteiger partial charge < -0.3 is 4.98 Å². The van der Waals surface area contributed by atoms with Crippen LogP contribution in [0, 0.1) is 12.1 Å². The van der Waals surface area contributed by atoms with Gasteiger partial charge in [-0.25, -0.2) is 0 Å². The Morgan fingerprint density at radius 3 is 2.14 bits per heavy atom. The van der Waals surface area contributed by atoms with E-state index in [0.29, 0.717) is 0 Å². The van der Waals surface area contributed by atoms with Crippen molar-refractivity contribution in [2.45, 2.75) is 0 Å². The summed E-state index contributed by atoms with van der Waals surface area (Å²) in [5.74, 6) is 0. The number of nitrogens with zero attached hydrogens (tertiary/aromatic N) is 3. The van der Waals surface area contributed by atoms with Crippen LogP contribution in [0.5, 0.6) is 0 Å². The Hall–Kier alpha value is -3.07. The topological polar surface area (TPSA) is 30.7 Å². The van der Waals surface area contributed by atoms with Gasteiger partial charge in [-0.1, -0.05) is 30.3 Å². The van der Waals surface area contributed by atoms with Gasteiger partial charge in [0.1, 0.15) is 0 Å². The molecule has 5 aromatic rings. The van der Waals surface area contributed by atoms with Crippen LogP contribution in [0.25, 0.3) is 27.8 Å². The van der Waals surface area contributed by atoms with Crippen LogP contribution in [0.1, 0.15) is 0 Å². The molecule has 5 rings (SSSR count). The van der Waals surface area contributed by atoms with Crippen molar-refractivity contribution in [1.29, 1.82) is 0 Å². The largest absolute Gasteiger partial charge is 0.305 e. The van der Waals surface area contributed by atoms with E-state index in [-0.39, 0.29) is 20.1 Å². The summed E-state index contributed by atoms with van der Waals surface area (Å²) in [6.07, 6.45) is 3.80. The van der Waals surface area contributed by atoms with Gasteiger partial charge in [0.05, 0.1) is 5.52 Å². The Labute approximate surface area is 178 Å². The molecule has 0 fully saturated rings. The maximum absolute atomic E-state index is 4.47. The molecule has 28 heavy (non-hydrogen) atoms. The average Bonchev–Trinajstić information content (AvgIpc) is 3.21. The van der Waals surface area contributed by atoms with Gasteiger partial charge in [-0.2, -0.15) is 29.4 Å². The number of fused-ring (bicyclic) bond motifs is 1. The quantitative estimate of drug-likeness (QED) is 0.283. The van der Waals surface area contributed by atoms with E-state index in [1.807, 2.05) is 95.8 Å². The Bertz CT molecular complexity index is 1040. The van der Waals surface area contributed by atoms with Crippen LogP contribution in [-0.2, 0) is 20.1 Å². The maximum Gasteiger partial charge on any atom is 0.0926 e. The molecular formula is C24H17IrN3-2. The summed E-state index contributed by atoms with van der Waals surface area (Å²) in [4.78, 5) is 4.22. The van der Waals surface area contributed by atoms with Gasteiger partial charge in [-0.05, 0) is 23.5 Å². The van der Waals surface area contributed by atoms with Gasteiger partial charge in [-0.3, -0.25) is 4.68 Å². The molecule has 0 N–H and O–H groups in total. The van der Waals surface area contributed by atoms with Gasteiger partial charge in [0.15, 0.2) is 0 Å². The second-order valence-electron chi connectivity index (χ2n) is 5.87. The first kappa shape index (κ1) is 19.7. The monoisotopic (exact) mass is 540 g/mol. The van der Waals surface area contributed by atoms with E-state index in [1.165, 1.54) is 0 Å². The third-order valence-corrected chi connectivity index (χ3v) is 4.00. The number of benzene rings is 3. The van der Waals surface area contributed by atoms with Gasteiger partial charge in [0.2, 0.25) is 0 Å². The van der Waals surface area contributed by atoms with Crippen LogP contribution < -0.4 is 0 Å². The second kappa shape index (κ2) is 9.75. The number of hydrogen-bond acceptors (Lipinski definition) is 2. The zero-order chi connectivity index (χ0) is 18.3. The molecule has 0 aliphatic heterocycles. The molecule has 0 bridgehead atoms. The summed E-state index contributed by atoms with van der Waals surface area (Å²) in [6, 6.07) is 35.9. The summed E-state index contributed by atoms with van der Waals surface area (Å²) >= 11 is 0. The van der Waals surface area contributed by atoms with E-state index in [4.69, 9.17) is 0 Å². The van der Waals surface area contributed by atoms with E-state index in [0.717, 1.165) is 27.8 Å². The van der Waals surface area contributed by atoms with Crippen LogP contribution in [0.15, 0.2) is 103 Å². The minimum absolute atomic E-state index is 0. The van der Waals surface area contributed by atoms with Crippen molar-refractivity contribution in [3.05, 3.63) is 116 Å². The smallest absolute Gasteiger partial charge is 0.0926 e. The van der Waals surface area contributed by atoms with Crippen molar-refractivity contribution in [3.8, 4) is 16.9 Å². The number of pyridine rings is 1. The second-order valence-corrected chi connectivity index (χ2v) is 5.87. The molecule has 0 aliphatic carbocycles. The molecule has 0 aliphatic rings. The molecule has 139 valence electrons. The SMILES string of the molecule is [Ir].[c-]1ccccc1-c1ccccn1.[c-]1ccccc1-n1cc2ccccc2n1. The van der Waals surface area contributed by atoms with E-state index >= 15 is 0 Å². The third kappa shape index (κ3) is 4.80. The molecule has 2 heterocycles. The Balaban J connectivity index is 0.000000159. The Kier molecular flexibility index (Phi) is 6.85. The fourth-order valence-electron chi connectivity index (χ4n) is 2.69. The van der Waals surface area contributed by atoms with Crippen molar-refractivity contribution < 1.29 is 20.1 Å². The molecule has 4 heteroatoms. The third-order valence-electron chi connectivity index (χ3n) is 4.00. The number of rotatable bonds is 2. The summed E-state index contributed by atoms with van der Waals surface area (Å²) < 4.78 is 1.85. The van der Waals surface area contributed by atoms with Crippen molar-refractivity contribution in [1.82, 2.24) is 14.8 Å². The van der Waals surface area contributed by atoms with E-state index in [9.17, 15) is 0 Å². The molecular weight excluding hydrogens is 523 g/mol. The summed E-state index contributed by atoms with van der Waals surface area (Å²) in [5, 5.41) is 5.62. The predicted octanol–water partition coefficient (Wildman–Crippen LogP) is 5.37. The summed E-state index contributed by atoms with van der Waals surface area (Å²) in [7, 11) is 0. The first-order valence-electron chi connectivity index (χ1n) is 8.70. The Morgan fingerprint density at radius 2 is 1.46 bits per heavy atom. The number of para-hydroxylation sites is 1. The predicted molar refractivity (Wildman–Crippen MR) is 108 cm³/mol. The fourth-order valence-corrected chi connectivity index (χ4v) is 2.69. The fraction of sp³-hybridized carbons (Fsp3) is 0. The van der Waals surface area contributed by atoms with E-state index < -0.39 is 0 Å². The van der Waals surface area contributed by atoms with Gasteiger partial charge in [0.25, 0.3) is 0 Å². The molecule has 2 aromatic heterocycles. The zero-order valence-corrected chi connectivity index (χ0v) is 17.4. The van der Waals surface area contributed by atoms with Crippen LogP contribution in [0.4, 0.5) is 0 Å². The van der Waals surface area contributed by atoms with Crippen molar-refractivity contribution >= 4 is 10.9 Å². The van der Waals surface area contributed by atoms with Crippen LogP contribution >= 0.6 is 0 Å². The van der Waals surface area contributed by atoms with E-state index in [1.54, 1.807) is 6.20 Å². The normalized spacial score (nSPS) is 9.86. The summed E-state index contributed by atoms with van der Waals surface area (Å²) in [5.41, 5.74) is 3.99. The number of aromatic nitrogens is 3. The first-order valence-corrected chi connectivity index (χ1v) is 8.70. The summed E-state index contributed by atoms with van der Waals surface area (Å²) in [6.45, 7) is 0. The van der Waals surface area contributed by atoms with Gasteiger partial charge in [-0.15, -0.1) is 42.0 Å². The van der Waals surface area contributed by atoms with Gasteiger partial charge in [0, 0.05) is 37.9 Å². The molecule has 0 saturated heterocycles. The molecule has 0 atom stereocenters. The minimum Gasteiger partial charge on any atom is -0.305 e.